The molecule has 0 unspecified atom stereocenters. The van der Waals surface area contributed by atoms with Gasteiger partial charge in [0.1, 0.15) is 0 Å². The van der Waals surface area contributed by atoms with E-state index in [1.807, 2.05) is 32.0 Å². The Morgan fingerprint density at radius 3 is 2.39 bits per heavy atom. The third-order valence-corrected chi connectivity index (χ3v) is 3.31. The number of rotatable bonds is 4. The lowest BCUT2D eigenvalue weighted by atomic mass is 10.1. The van der Waals surface area contributed by atoms with Gasteiger partial charge >= 0.3 is 5.97 Å². The van der Waals surface area contributed by atoms with Crippen LogP contribution in [0.4, 0.5) is 11.4 Å². The van der Waals surface area contributed by atoms with Crippen molar-refractivity contribution in [1.82, 2.24) is 0 Å². The zero-order chi connectivity index (χ0) is 17.0. The van der Waals surface area contributed by atoms with Crippen molar-refractivity contribution in [3.8, 4) is 0 Å². The molecule has 0 atom stereocenters. The largest absolute Gasteiger partial charge is 0.452 e. The number of carbonyl (C=O) groups excluding carboxylic acids is 2. The highest BCUT2D eigenvalue weighted by molar-refractivity contribution is 6.31. The Labute approximate surface area is 139 Å². The summed E-state index contributed by atoms with van der Waals surface area (Å²) in [5.41, 5.74) is 8.81. The molecule has 0 heterocycles. The molecular weight excluding hydrogens is 316 g/mol. The smallest absolute Gasteiger partial charge is 0.340 e. The second-order valence-corrected chi connectivity index (χ2v) is 5.67. The Balaban J connectivity index is 1.94. The van der Waals surface area contributed by atoms with Gasteiger partial charge < -0.3 is 15.8 Å². The minimum Gasteiger partial charge on any atom is -0.452 e. The van der Waals surface area contributed by atoms with Gasteiger partial charge in [-0.3, -0.25) is 4.79 Å². The minimum absolute atomic E-state index is 0.175. The Hall–Kier alpha value is -2.53. The summed E-state index contributed by atoms with van der Waals surface area (Å²) in [4.78, 5) is 23.8. The standard InChI is InChI=1S/C17H17ClN2O3/c1-10-5-11(2)7-13(6-10)20-16(21)9-23-17(22)14-4-3-12(18)8-15(14)19/h3-8H,9,19H2,1-2H3,(H,20,21). The summed E-state index contributed by atoms with van der Waals surface area (Å²) in [6, 6.07) is 10.1. The first-order valence-corrected chi connectivity index (χ1v) is 7.33. The number of esters is 1. The van der Waals surface area contributed by atoms with E-state index < -0.39 is 18.5 Å². The first kappa shape index (κ1) is 16.8. The Morgan fingerprint density at radius 1 is 1.13 bits per heavy atom. The second kappa shape index (κ2) is 7.15. The summed E-state index contributed by atoms with van der Waals surface area (Å²) in [6.45, 7) is 3.48. The van der Waals surface area contributed by atoms with Crippen LogP contribution in [0.5, 0.6) is 0 Å². The third-order valence-electron chi connectivity index (χ3n) is 3.07. The first-order chi connectivity index (χ1) is 10.8. The van der Waals surface area contributed by atoms with Crippen molar-refractivity contribution in [3.05, 3.63) is 58.1 Å². The molecule has 0 fully saturated rings. The average molecular weight is 333 g/mol. The van der Waals surface area contributed by atoms with E-state index in [-0.39, 0.29) is 11.3 Å². The number of halogens is 1. The van der Waals surface area contributed by atoms with Gasteiger partial charge in [0.15, 0.2) is 6.61 Å². The lowest BCUT2D eigenvalue weighted by Gasteiger charge is -2.09. The lowest BCUT2D eigenvalue weighted by molar-refractivity contribution is -0.119. The maximum Gasteiger partial charge on any atom is 0.340 e. The number of carbonyl (C=O) groups is 2. The molecule has 0 bridgehead atoms. The van der Waals surface area contributed by atoms with Crippen molar-refractivity contribution in [2.45, 2.75) is 13.8 Å². The summed E-state index contributed by atoms with van der Waals surface area (Å²) in [7, 11) is 0. The number of hydrogen-bond donors (Lipinski definition) is 2. The van der Waals surface area contributed by atoms with Gasteiger partial charge in [0.25, 0.3) is 5.91 Å². The number of ether oxygens (including phenoxy) is 1. The molecule has 0 radical (unpaired) electrons. The molecule has 1 amide bonds. The number of amides is 1. The molecule has 2 rings (SSSR count). The molecule has 120 valence electrons. The van der Waals surface area contributed by atoms with Crippen LogP contribution in [0, 0.1) is 13.8 Å². The summed E-state index contributed by atoms with van der Waals surface area (Å²) < 4.78 is 4.97. The van der Waals surface area contributed by atoms with Crippen LogP contribution in [0.15, 0.2) is 36.4 Å². The molecule has 0 saturated carbocycles. The van der Waals surface area contributed by atoms with E-state index in [0.717, 1.165) is 11.1 Å². The van der Waals surface area contributed by atoms with Crippen LogP contribution in [0.3, 0.4) is 0 Å². The van der Waals surface area contributed by atoms with Gasteiger partial charge in [-0.2, -0.15) is 0 Å². The number of anilines is 2. The van der Waals surface area contributed by atoms with E-state index in [4.69, 9.17) is 22.1 Å². The molecular formula is C17H17ClN2O3. The van der Waals surface area contributed by atoms with Gasteiger partial charge in [0, 0.05) is 16.4 Å². The highest BCUT2D eigenvalue weighted by atomic mass is 35.5. The molecule has 0 aliphatic heterocycles. The van der Waals surface area contributed by atoms with Crippen molar-refractivity contribution in [3.63, 3.8) is 0 Å². The molecule has 0 aliphatic carbocycles. The fourth-order valence-corrected chi connectivity index (χ4v) is 2.35. The van der Waals surface area contributed by atoms with Crippen LogP contribution >= 0.6 is 11.6 Å². The third kappa shape index (κ3) is 4.72. The molecule has 3 N–H and O–H groups in total. The number of benzene rings is 2. The Morgan fingerprint density at radius 2 is 1.78 bits per heavy atom. The second-order valence-electron chi connectivity index (χ2n) is 5.23. The minimum atomic E-state index is -0.672. The van der Waals surface area contributed by atoms with E-state index in [1.165, 1.54) is 18.2 Å². The Bertz CT molecular complexity index is 739. The fourth-order valence-electron chi connectivity index (χ4n) is 2.17. The van der Waals surface area contributed by atoms with Crippen molar-refractivity contribution in [1.29, 1.82) is 0 Å². The SMILES string of the molecule is Cc1cc(C)cc(NC(=O)COC(=O)c2ccc(Cl)cc2N)c1. The topological polar surface area (TPSA) is 81.4 Å². The lowest BCUT2D eigenvalue weighted by Crippen LogP contribution is -2.21. The van der Waals surface area contributed by atoms with Crippen LogP contribution in [0.1, 0.15) is 21.5 Å². The average Bonchev–Trinajstić information content (AvgIpc) is 2.43. The number of nitrogen functional groups attached to an aromatic ring is 1. The molecule has 5 nitrogen and oxygen atoms in total. The van der Waals surface area contributed by atoms with Gasteiger partial charge in [0.2, 0.25) is 0 Å². The van der Waals surface area contributed by atoms with E-state index in [1.54, 1.807) is 0 Å². The van der Waals surface area contributed by atoms with Crippen LogP contribution in [-0.4, -0.2) is 18.5 Å². The van der Waals surface area contributed by atoms with Gasteiger partial charge in [-0.05, 0) is 55.3 Å². The molecule has 2 aromatic carbocycles. The quantitative estimate of drug-likeness (QED) is 0.664. The summed E-state index contributed by atoms with van der Waals surface area (Å²) >= 11 is 5.77. The zero-order valence-electron chi connectivity index (χ0n) is 12.9. The fraction of sp³-hybridized carbons (Fsp3) is 0.176. The normalized spacial score (nSPS) is 10.2. The van der Waals surface area contributed by atoms with Crippen molar-refractivity contribution in [2.75, 3.05) is 17.7 Å². The molecule has 0 spiro atoms. The maximum atomic E-state index is 11.9. The summed E-state index contributed by atoms with van der Waals surface area (Å²) in [5.74, 6) is -1.09. The summed E-state index contributed by atoms with van der Waals surface area (Å²) in [6.07, 6.45) is 0. The van der Waals surface area contributed by atoms with Crippen molar-refractivity contribution >= 4 is 34.9 Å². The zero-order valence-corrected chi connectivity index (χ0v) is 13.6. The van der Waals surface area contributed by atoms with Gasteiger partial charge in [-0.25, -0.2) is 4.79 Å². The number of nitrogens with two attached hydrogens (primary N) is 1. The van der Waals surface area contributed by atoms with Crippen LogP contribution < -0.4 is 11.1 Å². The van der Waals surface area contributed by atoms with Gasteiger partial charge in [-0.1, -0.05) is 17.7 Å². The van der Waals surface area contributed by atoms with Crippen LogP contribution in [-0.2, 0) is 9.53 Å². The van der Waals surface area contributed by atoms with E-state index in [0.29, 0.717) is 10.7 Å². The molecule has 0 saturated heterocycles. The van der Waals surface area contributed by atoms with Gasteiger partial charge in [0.05, 0.1) is 5.56 Å². The molecule has 6 heteroatoms. The highest BCUT2D eigenvalue weighted by Gasteiger charge is 2.13. The summed E-state index contributed by atoms with van der Waals surface area (Å²) in [5, 5.41) is 3.11. The van der Waals surface area contributed by atoms with E-state index >= 15 is 0 Å². The maximum absolute atomic E-state index is 11.9. The number of hydrogen-bond acceptors (Lipinski definition) is 4. The predicted molar refractivity (Wildman–Crippen MR) is 90.7 cm³/mol. The van der Waals surface area contributed by atoms with Crippen molar-refractivity contribution in [2.24, 2.45) is 0 Å². The Kier molecular flexibility index (Phi) is 5.24. The molecule has 0 aromatic heterocycles. The predicted octanol–water partition coefficient (Wildman–Crippen LogP) is 3.33. The molecule has 23 heavy (non-hydrogen) atoms. The first-order valence-electron chi connectivity index (χ1n) is 6.95. The number of nitrogens with one attached hydrogen (secondary N) is 1. The monoisotopic (exact) mass is 332 g/mol. The van der Waals surface area contributed by atoms with Crippen LogP contribution in [0.2, 0.25) is 5.02 Å². The van der Waals surface area contributed by atoms with Gasteiger partial charge in [-0.15, -0.1) is 0 Å². The number of aryl methyl sites for hydroxylation is 2. The van der Waals surface area contributed by atoms with E-state index in [9.17, 15) is 9.59 Å². The molecule has 2 aromatic rings. The van der Waals surface area contributed by atoms with Crippen LogP contribution in [0.25, 0.3) is 0 Å². The van der Waals surface area contributed by atoms with E-state index in [2.05, 4.69) is 5.32 Å². The van der Waals surface area contributed by atoms with Crippen molar-refractivity contribution < 1.29 is 14.3 Å². The highest BCUT2D eigenvalue weighted by Crippen LogP contribution is 2.19. The molecule has 0 aliphatic rings.